The monoisotopic (exact) mass is 639 g/mol. The summed E-state index contributed by atoms with van der Waals surface area (Å²) in [6.45, 7) is 2.64. The Labute approximate surface area is 274 Å². The molecule has 0 aromatic heterocycles. The van der Waals surface area contributed by atoms with Crippen molar-refractivity contribution in [3.8, 4) is 17.6 Å². The zero-order chi connectivity index (χ0) is 33.7. The first kappa shape index (κ1) is 34.5. The molecule has 0 atom stereocenters. The highest BCUT2D eigenvalue weighted by Crippen LogP contribution is 2.33. The molecule has 0 heterocycles. The van der Waals surface area contributed by atoms with Gasteiger partial charge < -0.3 is 25.7 Å². The second-order valence-electron chi connectivity index (χ2n) is 11.8. The summed E-state index contributed by atoms with van der Waals surface area (Å²) in [4.78, 5) is 12.7. The lowest BCUT2D eigenvalue weighted by molar-refractivity contribution is -0.185. The Morgan fingerprint density at radius 1 is 0.809 bits per heavy atom. The van der Waals surface area contributed by atoms with Gasteiger partial charge in [0.1, 0.15) is 11.5 Å². The fourth-order valence-electron chi connectivity index (χ4n) is 4.97. The number of nitrogens with zero attached hydrogens (tertiary/aromatic N) is 1. The van der Waals surface area contributed by atoms with Crippen LogP contribution in [0, 0.1) is 16.7 Å². The quantitative estimate of drug-likeness (QED) is 0.0550. The molecule has 0 saturated carbocycles. The Morgan fingerprint density at radius 3 is 1.91 bits per heavy atom. The van der Waals surface area contributed by atoms with Gasteiger partial charge in [0.15, 0.2) is 0 Å². The molecule has 0 unspecified atom stereocenters. The number of ether oxygens (including phenoxy) is 3. The minimum Gasteiger partial charge on any atom is -0.494 e. The van der Waals surface area contributed by atoms with E-state index in [4.69, 9.17) is 30.9 Å². The highest BCUT2D eigenvalue weighted by molar-refractivity contribution is 5.87. The number of esters is 1. The number of alkyl halides is 2. The summed E-state index contributed by atoms with van der Waals surface area (Å²) in [7, 11) is 0. The van der Waals surface area contributed by atoms with Gasteiger partial charge in [-0.15, -0.1) is 0 Å². The van der Waals surface area contributed by atoms with Crippen LogP contribution >= 0.6 is 0 Å². The number of benzene rings is 4. The van der Waals surface area contributed by atoms with E-state index in [-0.39, 0.29) is 17.9 Å². The van der Waals surface area contributed by atoms with E-state index < -0.39 is 17.5 Å². The number of nitrogens with two attached hydrogens (primary N) is 2. The number of rotatable bonds is 16. The summed E-state index contributed by atoms with van der Waals surface area (Å²) < 4.78 is 45.9. The summed E-state index contributed by atoms with van der Waals surface area (Å²) in [5.74, 6) is -0.0923. The number of halogens is 2. The lowest BCUT2D eigenvalue weighted by atomic mass is 9.79. The first-order valence-electron chi connectivity index (χ1n) is 15.3. The lowest BCUT2D eigenvalue weighted by Gasteiger charge is -2.29. The predicted octanol–water partition coefficient (Wildman–Crippen LogP) is 8.10. The normalized spacial score (nSPS) is 11.6. The van der Waals surface area contributed by atoms with Crippen LogP contribution in [0.3, 0.4) is 0 Å². The topological polar surface area (TPSA) is 121 Å². The second-order valence-corrected chi connectivity index (χ2v) is 11.8. The number of hydrogen-bond donors (Lipinski definition) is 2. The Morgan fingerprint density at radius 2 is 1.36 bits per heavy atom. The largest absolute Gasteiger partial charge is 0.494 e. The van der Waals surface area contributed by atoms with E-state index in [9.17, 15) is 13.6 Å². The molecule has 0 fully saturated rings. The molecular formula is C38H39F2N3O4. The van der Waals surface area contributed by atoms with Gasteiger partial charge in [-0.25, -0.2) is 4.79 Å². The summed E-state index contributed by atoms with van der Waals surface area (Å²) >= 11 is 0. The third kappa shape index (κ3) is 11.2. The molecule has 4 aromatic carbocycles. The van der Waals surface area contributed by atoms with Crippen LogP contribution in [0.1, 0.15) is 48.4 Å². The molecule has 0 radical (unpaired) electrons. The molecule has 9 heteroatoms. The van der Waals surface area contributed by atoms with Crippen molar-refractivity contribution in [2.24, 2.45) is 5.41 Å². The van der Waals surface area contributed by atoms with Crippen LogP contribution in [-0.2, 0) is 28.5 Å². The Kier molecular flexibility index (Phi) is 12.0. The van der Waals surface area contributed by atoms with Crippen LogP contribution in [0.25, 0.3) is 6.08 Å². The van der Waals surface area contributed by atoms with Crippen LogP contribution in [0.4, 0.5) is 20.2 Å². The third-order valence-electron chi connectivity index (χ3n) is 7.46. The van der Waals surface area contributed by atoms with Crippen molar-refractivity contribution in [1.29, 1.82) is 5.26 Å². The van der Waals surface area contributed by atoms with Crippen molar-refractivity contribution >= 4 is 23.4 Å². The van der Waals surface area contributed by atoms with Gasteiger partial charge in [-0.2, -0.15) is 14.0 Å². The number of hydrogen-bond acceptors (Lipinski definition) is 7. The van der Waals surface area contributed by atoms with Gasteiger partial charge in [-0.1, -0.05) is 43.3 Å². The molecule has 0 spiro atoms. The number of carbonyl (C=O) groups excluding carboxylic acids is 1. The van der Waals surface area contributed by atoms with Crippen molar-refractivity contribution in [1.82, 2.24) is 0 Å². The molecule has 244 valence electrons. The number of unbranched alkanes of at least 4 members (excludes halogenated alkanes) is 2. The second kappa shape index (κ2) is 16.3. The van der Waals surface area contributed by atoms with Crippen molar-refractivity contribution in [2.75, 3.05) is 24.7 Å². The first-order chi connectivity index (χ1) is 22.5. The summed E-state index contributed by atoms with van der Waals surface area (Å²) in [5, 5.41) is 8.58. The van der Waals surface area contributed by atoms with E-state index in [1.54, 1.807) is 18.2 Å². The molecule has 0 aliphatic carbocycles. The Bertz CT molecular complexity index is 1600. The number of anilines is 2. The van der Waals surface area contributed by atoms with Crippen LogP contribution in [0.2, 0.25) is 0 Å². The van der Waals surface area contributed by atoms with Gasteiger partial charge >= 0.3 is 12.1 Å². The first-order valence-corrected chi connectivity index (χ1v) is 15.3. The van der Waals surface area contributed by atoms with Gasteiger partial charge in [0, 0.05) is 29.3 Å². The Hall–Kier alpha value is -5.36. The highest BCUT2D eigenvalue weighted by atomic mass is 19.3. The van der Waals surface area contributed by atoms with Crippen LogP contribution in [0.15, 0.2) is 103 Å². The number of nitriles is 1. The fourth-order valence-corrected chi connectivity index (χ4v) is 4.97. The maximum absolute atomic E-state index is 14.8. The maximum atomic E-state index is 14.8. The molecule has 4 N–H and O–H groups in total. The van der Waals surface area contributed by atoms with Gasteiger partial charge in [0.2, 0.25) is 0 Å². The van der Waals surface area contributed by atoms with Crippen molar-refractivity contribution in [2.45, 2.75) is 45.1 Å². The maximum Gasteiger partial charge on any atom is 0.426 e. The van der Waals surface area contributed by atoms with E-state index in [2.05, 4.69) is 13.0 Å². The minimum absolute atomic E-state index is 0.0337. The molecule has 0 aliphatic rings. The SMILES string of the molecule is CC(COC(=O)/C=C/c1ccc(OC(F)(F)c2ccc(OCCCCC#N)cc2)cc1)(Cc1ccc(N)cc1)Cc1ccc(N)cc1. The molecule has 0 bridgehead atoms. The van der Waals surface area contributed by atoms with Crippen LogP contribution < -0.4 is 20.9 Å². The van der Waals surface area contributed by atoms with E-state index in [0.29, 0.717) is 55.0 Å². The zero-order valence-corrected chi connectivity index (χ0v) is 26.3. The Balaban J connectivity index is 1.31. The molecule has 0 aliphatic heterocycles. The summed E-state index contributed by atoms with van der Waals surface area (Å²) in [6, 6.07) is 28.7. The van der Waals surface area contributed by atoms with Gasteiger partial charge in [0.25, 0.3) is 0 Å². The standard InChI is InChI=1S/C38H39F2N3O4/c1-37(25-29-5-14-32(42)15-6-29,26-30-7-16-33(43)17-8-30)27-46-36(44)22-11-28-9-18-35(19-10-28)47-38(39,40)31-12-20-34(21-13-31)45-24-4-2-3-23-41/h5-22H,2-4,24-27,42-43H2,1H3/b22-11+. The van der Waals surface area contributed by atoms with E-state index >= 15 is 0 Å². The van der Waals surface area contributed by atoms with Crippen LogP contribution in [-0.4, -0.2) is 19.2 Å². The van der Waals surface area contributed by atoms with Gasteiger partial charge in [0.05, 0.1) is 24.8 Å². The molecule has 47 heavy (non-hydrogen) atoms. The molecule has 4 aromatic rings. The van der Waals surface area contributed by atoms with E-state index in [1.165, 1.54) is 42.5 Å². The average Bonchev–Trinajstić information content (AvgIpc) is 3.06. The lowest BCUT2D eigenvalue weighted by Crippen LogP contribution is -2.30. The zero-order valence-electron chi connectivity index (χ0n) is 26.3. The molecule has 4 rings (SSSR count). The smallest absolute Gasteiger partial charge is 0.426 e. The summed E-state index contributed by atoms with van der Waals surface area (Å²) in [6.07, 6.45) is 2.48. The van der Waals surface area contributed by atoms with Crippen molar-refractivity contribution in [3.63, 3.8) is 0 Å². The number of nitrogen functional groups attached to an aromatic ring is 2. The van der Waals surface area contributed by atoms with Gasteiger partial charge in [-0.05, 0) is 109 Å². The van der Waals surface area contributed by atoms with Crippen molar-refractivity contribution in [3.05, 3.63) is 125 Å². The number of carbonyl (C=O) groups is 1. The fraction of sp³-hybridized carbons (Fsp3) is 0.263. The predicted molar refractivity (Wildman–Crippen MR) is 180 cm³/mol. The van der Waals surface area contributed by atoms with Crippen molar-refractivity contribution < 1.29 is 27.8 Å². The minimum atomic E-state index is -3.57. The molecule has 7 nitrogen and oxygen atoms in total. The van der Waals surface area contributed by atoms with E-state index in [1.807, 2.05) is 48.5 Å². The third-order valence-corrected chi connectivity index (χ3v) is 7.46. The molecule has 0 amide bonds. The van der Waals surface area contributed by atoms with E-state index in [0.717, 1.165) is 17.5 Å². The average molecular weight is 640 g/mol. The molecular weight excluding hydrogens is 600 g/mol. The highest BCUT2D eigenvalue weighted by Gasteiger charge is 2.34. The summed E-state index contributed by atoms with van der Waals surface area (Å²) in [5.41, 5.74) is 15.1. The molecule has 0 saturated heterocycles. The van der Waals surface area contributed by atoms with Crippen LogP contribution in [0.5, 0.6) is 11.5 Å². The van der Waals surface area contributed by atoms with Gasteiger partial charge in [-0.3, -0.25) is 0 Å².